The largest absolute Gasteiger partial charge is 0.481 e. The normalized spacial score (nSPS) is 13.6. The molecular weight excluding hydrogens is 720 g/mol. The minimum absolute atomic E-state index is 0.415. The molecule has 0 aliphatic heterocycles. The highest BCUT2D eigenvalue weighted by atomic mass is 32.2. The van der Waals surface area contributed by atoms with Crippen molar-refractivity contribution in [3.05, 3.63) is 0 Å². The quantitative estimate of drug-likeness (QED) is 0.0494. The van der Waals surface area contributed by atoms with Gasteiger partial charge in [-0.3, -0.25) is 38.4 Å². The predicted octanol–water partition coefficient (Wildman–Crippen LogP) is -4.85. The van der Waals surface area contributed by atoms with Gasteiger partial charge < -0.3 is 41.7 Å². The molecule has 50 heavy (non-hydrogen) atoms. The van der Waals surface area contributed by atoms with Gasteiger partial charge in [0, 0.05) is 13.3 Å². The number of carboxylic acid groups (broad SMARTS) is 4. The molecule has 0 saturated carbocycles. The van der Waals surface area contributed by atoms with Gasteiger partial charge in [0.25, 0.3) is 0 Å². The van der Waals surface area contributed by atoms with Gasteiger partial charge in [-0.05, 0) is 12.3 Å². The molecule has 286 valence electrons. The van der Waals surface area contributed by atoms with Crippen LogP contribution in [0.15, 0.2) is 0 Å². The Morgan fingerprint density at radius 1 is 0.580 bits per heavy atom. The summed E-state index contributed by atoms with van der Waals surface area (Å²) in [4.78, 5) is 104. The van der Waals surface area contributed by atoms with Gasteiger partial charge in [0.1, 0.15) is 24.2 Å². The van der Waals surface area contributed by atoms with E-state index < -0.39 is 142 Å². The third kappa shape index (κ3) is 24.4. The number of nitrogens with one attached hydrogen (secondary N) is 6. The number of ketones is 1. The molecule has 0 heterocycles. The molecule has 0 aromatic heterocycles. The van der Waals surface area contributed by atoms with E-state index in [9.17, 15) is 60.0 Å². The fourth-order valence-corrected chi connectivity index (χ4v) is 4.20. The van der Waals surface area contributed by atoms with Gasteiger partial charge in [-0.1, -0.05) is 13.8 Å². The van der Waals surface area contributed by atoms with E-state index in [1.165, 1.54) is 13.8 Å². The molecule has 0 rings (SSSR count). The van der Waals surface area contributed by atoms with Crippen LogP contribution in [0.4, 0.5) is 0 Å². The molecule has 25 heteroatoms. The van der Waals surface area contributed by atoms with Crippen LogP contribution in [0, 0.1) is 5.92 Å². The second-order valence-electron chi connectivity index (χ2n) is 10.8. The molecule has 0 unspecified atom stereocenters. The van der Waals surface area contributed by atoms with Crippen LogP contribution in [0.3, 0.4) is 0 Å². The second kappa shape index (κ2) is 22.1. The van der Waals surface area contributed by atoms with Gasteiger partial charge in [-0.25, -0.2) is 31.1 Å². The number of Topliss-reactive ketones (excluding diaryl/α,β-unsaturated/α-hetero) is 1. The van der Waals surface area contributed by atoms with Crippen molar-refractivity contribution in [2.75, 3.05) is 25.6 Å². The number of sulfonamides is 2. The monoisotopic (exact) mass is 762 g/mol. The topological polar surface area (TPSA) is 375 Å². The number of rotatable bonds is 22. The van der Waals surface area contributed by atoms with Gasteiger partial charge in [0.15, 0.2) is 5.78 Å². The minimum Gasteiger partial charge on any atom is -0.481 e. The lowest BCUT2D eigenvalue weighted by atomic mass is 10.0. The summed E-state index contributed by atoms with van der Waals surface area (Å²) in [7, 11) is -6.84. The number of carbonyl (C=O) groups excluding carboxylic acids is 5. The number of carbonyl (C=O) groups is 9. The van der Waals surface area contributed by atoms with E-state index in [0.29, 0.717) is 0 Å². The molecule has 4 amide bonds. The summed E-state index contributed by atoms with van der Waals surface area (Å²) in [6.45, 7) is 3.14. The van der Waals surface area contributed by atoms with E-state index in [2.05, 4.69) is 16.0 Å². The highest BCUT2D eigenvalue weighted by Gasteiger charge is 2.33. The van der Waals surface area contributed by atoms with Crippen molar-refractivity contribution in [2.45, 2.75) is 70.6 Å². The molecule has 0 fully saturated rings. The number of carboxylic acids is 4. The van der Waals surface area contributed by atoms with Crippen LogP contribution in [0.25, 0.3) is 0 Å². The van der Waals surface area contributed by atoms with E-state index in [-0.39, 0.29) is 0 Å². The van der Waals surface area contributed by atoms with Crippen LogP contribution in [-0.4, -0.2) is 140 Å². The molecule has 0 aliphatic carbocycles. The van der Waals surface area contributed by atoms with Crippen LogP contribution in [0.5, 0.6) is 0 Å². The summed E-state index contributed by atoms with van der Waals surface area (Å²) in [6.07, 6.45) is -1.05. The molecule has 0 aromatic rings. The molecular formula is C25H42N6O17S2. The third-order valence-corrected chi connectivity index (χ3v) is 6.99. The van der Waals surface area contributed by atoms with Crippen molar-refractivity contribution in [1.82, 2.24) is 30.7 Å². The first kappa shape index (κ1) is 47.4. The maximum Gasteiger partial charge on any atom is 0.326 e. The van der Waals surface area contributed by atoms with Crippen LogP contribution >= 0.6 is 0 Å². The standard InChI is InChI=1S/C20H30N4O12.C5H12N2O5S2/c1-8(2)16(19(34)23-12(20(35)36)7-15(30)31)24-17(32)10(4-5-13(26)27)22-18(33)11(6-14(28)29)21-9(3)25;1-13(9,10)6-3-5(8)4-7-14(2,11)12/h8,10-12,16H,4-7H2,1-3H3,(H,21,25)(H,22,33)(H,23,34)(H,24,32)(H,26,27)(H,28,29)(H,30,31)(H,35,36);6-7H,3-4H2,1-2H3/t10-,11-,12-,16-;/m0./s1. The van der Waals surface area contributed by atoms with E-state index in [1.54, 1.807) is 0 Å². The van der Waals surface area contributed by atoms with Gasteiger partial charge in [-0.15, -0.1) is 0 Å². The number of aliphatic carboxylic acids is 4. The Bertz CT molecular complexity index is 1440. The van der Waals surface area contributed by atoms with Crippen molar-refractivity contribution in [3.8, 4) is 0 Å². The van der Waals surface area contributed by atoms with E-state index in [4.69, 9.17) is 20.4 Å². The second-order valence-corrected chi connectivity index (χ2v) is 14.5. The van der Waals surface area contributed by atoms with E-state index in [1.807, 2.05) is 14.8 Å². The molecule has 0 aromatic carbocycles. The maximum atomic E-state index is 12.9. The van der Waals surface area contributed by atoms with Gasteiger partial charge in [0.05, 0.1) is 38.4 Å². The van der Waals surface area contributed by atoms with Crippen molar-refractivity contribution >= 4 is 73.3 Å². The van der Waals surface area contributed by atoms with Crippen molar-refractivity contribution in [3.63, 3.8) is 0 Å². The highest BCUT2D eigenvalue weighted by Crippen LogP contribution is 2.07. The smallest absolute Gasteiger partial charge is 0.326 e. The summed E-state index contributed by atoms with van der Waals surface area (Å²) in [6, 6.07) is -6.38. The molecule has 0 spiro atoms. The Morgan fingerprint density at radius 2 is 1.00 bits per heavy atom. The Kier molecular flexibility index (Phi) is 20.9. The fraction of sp³-hybridized carbons (Fsp3) is 0.640. The summed E-state index contributed by atoms with van der Waals surface area (Å²) >= 11 is 0. The Labute approximate surface area is 286 Å². The summed E-state index contributed by atoms with van der Waals surface area (Å²) in [5, 5.41) is 44.4. The first-order chi connectivity index (χ1) is 22.6. The van der Waals surface area contributed by atoms with Crippen molar-refractivity contribution in [1.29, 1.82) is 0 Å². The molecule has 0 aliphatic rings. The predicted molar refractivity (Wildman–Crippen MR) is 168 cm³/mol. The molecule has 23 nitrogen and oxygen atoms in total. The summed E-state index contributed by atoms with van der Waals surface area (Å²) in [5.74, 6) is -11.1. The molecule has 0 saturated heterocycles. The maximum absolute atomic E-state index is 12.9. The zero-order chi connectivity index (χ0) is 39.6. The lowest BCUT2D eigenvalue weighted by molar-refractivity contribution is -0.147. The fourth-order valence-electron chi connectivity index (χ4n) is 3.35. The van der Waals surface area contributed by atoms with Gasteiger partial charge in [-0.2, -0.15) is 0 Å². The average Bonchev–Trinajstić information content (AvgIpc) is 2.93. The van der Waals surface area contributed by atoms with Gasteiger partial charge in [0.2, 0.25) is 43.7 Å². The van der Waals surface area contributed by atoms with Crippen LogP contribution in [0.1, 0.15) is 46.5 Å². The summed E-state index contributed by atoms with van der Waals surface area (Å²) in [5.41, 5.74) is 0. The molecule has 10 N–H and O–H groups in total. The zero-order valence-electron chi connectivity index (χ0n) is 27.5. The Morgan fingerprint density at radius 3 is 1.36 bits per heavy atom. The average molecular weight is 763 g/mol. The van der Waals surface area contributed by atoms with Gasteiger partial charge >= 0.3 is 23.9 Å². The van der Waals surface area contributed by atoms with Crippen LogP contribution < -0.4 is 30.7 Å². The highest BCUT2D eigenvalue weighted by molar-refractivity contribution is 7.89. The number of hydrogen-bond donors (Lipinski definition) is 10. The number of hydrogen-bond acceptors (Lipinski definition) is 13. The molecule has 4 atom stereocenters. The summed E-state index contributed by atoms with van der Waals surface area (Å²) < 4.78 is 46.0. The minimum atomic E-state index is -3.42. The van der Waals surface area contributed by atoms with Crippen molar-refractivity contribution < 1.29 is 80.4 Å². The van der Waals surface area contributed by atoms with E-state index in [0.717, 1.165) is 19.4 Å². The van der Waals surface area contributed by atoms with Crippen LogP contribution in [-0.2, 0) is 63.2 Å². The van der Waals surface area contributed by atoms with E-state index >= 15 is 0 Å². The lowest BCUT2D eigenvalue weighted by Gasteiger charge is -2.27. The number of amides is 4. The third-order valence-electron chi connectivity index (χ3n) is 5.66. The molecule has 0 bridgehead atoms. The first-order valence-electron chi connectivity index (χ1n) is 14.1. The van der Waals surface area contributed by atoms with Crippen molar-refractivity contribution in [2.24, 2.45) is 5.92 Å². The Hall–Kier alpha value is -4.75. The zero-order valence-corrected chi connectivity index (χ0v) is 29.2. The van der Waals surface area contributed by atoms with Crippen LogP contribution in [0.2, 0.25) is 0 Å². The first-order valence-corrected chi connectivity index (χ1v) is 17.9. The SMILES string of the molecule is CC(=O)N[C@@H](CC(=O)O)C(=O)N[C@@H](CCC(=O)O)C(=O)N[C@H](C(=O)N[C@@H](CC(=O)O)C(=O)O)C(C)C.CS(=O)(=O)NCC(=O)CNS(C)(=O)=O. The lowest BCUT2D eigenvalue weighted by Crippen LogP contribution is -2.59. The Balaban J connectivity index is 0. The molecule has 0 radical (unpaired) electrons.